The zero-order chi connectivity index (χ0) is 20.4. The van der Waals surface area contributed by atoms with E-state index in [1.807, 2.05) is 0 Å². The first kappa shape index (κ1) is 22.1. The van der Waals surface area contributed by atoms with Gasteiger partial charge in [-0.3, -0.25) is 9.59 Å². The number of hydrogen-bond donors (Lipinski definition) is 2. The quantitative estimate of drug-likeness (QED) is 0.662. The van der Waals surface area contributed by atoms with Gasteiger partial charge in [-0.1, -0.05) is 0 Å². The molecule has 2 amide bonds. The predicted molar refractivity (Wildman–Crippen MR) is 98.0 cm³/mol. The largest absolute Gasteiger partial charge is 0.493 e. The third kappa shape index (κ3) is 8.80. The van der Waals surface area contributed by atoms with E-state index in [-0.39, 0.29) is 13.0 Å². The van der Waals surface area contributed by atoms with Gasteiger partial charge >= 0.3 is 12.1 Å². The summed E-state index contributed by atoms with van der Waals surface area (Å²) in [7, 11) is 2.99. The van der Waals surface area contributed by atoms with Crippen molar-refractivity contribution in [3.63, 3.8) is 0 Å². The van der Waals surface area contributed by atoms with Gasteiger partial charge in [0.2, 0.25) is 0 Å². The lowest BCUT2D eigenvalue weighted by Crippen LogP contribution is -2.34. The highest BCUT2D eigenvalue weighted by Crippen LogP contribution is 2.29. The van der Waals surface area contributed by atoms with Crippen molar-refractivity contribution in [1.29, 1.82) is 0 Å². The van der Waals surface area contributed by atoms with Crippen LogP contribution in [0.25, 0.3) is 0 Å². The summed E-state index contributed by atoms with van der Waals surface area (Å²) in [4.78, 5) is 34.9. The summed E-state index contributed by atoms with van der Waals surface area (Å²) in [6.45, 7) is 4.80. The summed E-state index contributed by atoms with van der Waals surface area (Å²) in [5.74, 6) is -0.135. The van der Waals surface area contributed by atoms with Crippen LogP contribution in [-0.2, 0) is 19.1 Å². The molecule has 0 fully saturated rings. The second kappa shape index (κ2) is 10.2. The van der Waals surface area contributed by atoms with Crippen LogP contribution in [0.3, 0.4) is 0 Å². The second-order valence-corrected chi connectivity index (χ2v) is 6.46. The Morgan fingerprint density at radius 1 is 1.04 bits per heavy atom. The van der Waals surface area contributed by atoms with Crippen LogP contribution in [0.4, 0.5) is 10.5 Å². The number of carbonyl (C=O) groups is 3. The van der Waals surface area contributed by atoms with E-state index in [0.29, 0.717) is 17.2 Å². The van der Waals surface area contributed by atoms with E-state index in [1.54, 1.807) is 39.0 Å². The molecule has 1 aromatic rings. The number of nitrogens with one attached hydrogen (secondary N) is 2. The summed E-state index contributed by atoms with van der Waals surface area (Å²) in [6.07, 6.45) is -0.704. The van der Waals surface area contributed by atoms with E-state index in [4.69, 9.17) is 18.9 Å². The number of esters is 1. The molecule has 0 bridgehead atoms. The van der Waals surface area contributed by atoms with E-state index in [0.717, 1.165) is 0 Å². The molecule has 0 aliphatic rings. The van der Waals surface area contributed by atoms with Crippen LogP contribution in [0.2, 0.25) is 0 Å². The minimum Gasteiger partial charge on any atom is -0.493 e. The fourth-order valence-electron chi connectivity index (χ4n) is 1.91. The van der Waals surface area contributed by atoms with Gasteiger partial charge in [-0.25, -0.2) is 4.79 Å². The van der Waals surface area contributed by atoms with Crippen molar-refractivity contribution in [2.24, 2.45) is 0 Å². The van der Waals surface area contributed by atoms with Gasteiger partial charge in [-0.15, -0.1) is 0 Å². The maximum absolute atomic E-state index is 11.9. The van der Waals surface area contributed by atoms with Crippen molar-refractivity contribution < 1.29 is 33.3 Å². The van der Waals surface area contributed by atoms with Gasteiger partial charge in [0.1, 0.15) is 5.60 Å². The lowest BCUT2D eigenvalue weighted by Gasteiger charge is -2.19. The average Bonchev–Trinajstić information content (AvgIpc) is 2.58. The maximum Gasteiger partial charge on any atom is 0.407 e. The number of anilines is 1. The van der Waals surface area contributed by atoms with Crippen molar-refractivity contribution in [1.82, 2.24) is 5.32 Å². The molecule has 0 radical (unpaired) electrons. The topological polar surface area (TPSA) is 112 Å². The maximum atomic E-state index is 11.9. The SMILES string of the molecule is COc1ccc(NC(=O)COC(=O)CCNC(=O)OC(C)(C)C)cc1OC. The molecule has 0 spiro atoms. The van der Waals surface area contributed by atoms with Gasteiger partial charge in [-0.2, -0.15) is 0 Å². The molecule has 2 N–H and O–H groups in total. The van der Waals surface area contributed by atoms with Gasteiger partial charge in [0, 0.05) is 18.3 Å². The van der Waals surface area contributed by atoms with Crippen LogP contribution in [0.5, 0.6) is 11.5 Å². The van der Waals surface area contributed by atoms with Gasteiger partial charge in [-0.05, 0) is 32.9 Å². The van der Waals surface area contributed by atoms with E-state index in [9.17, 15) is 14.4 Å². The highest BCUT2D eigenvalue weighted by molar-refractivity contribution is 5.93. The number of carbonyl (C=O) groups excluding carboxylic acids is 3. The molecule has 0 saturated carbocycles. The first-order chi connectivity index (χ1) is 12.6. The molecule has 0 unspecified atom stereocenters. The van der Waals surface area contributed by atoms with Gasteiger partial charge < -0.3 is 29.6 Å². The Morgan fingerprint density at radius 2 is 1.70 bits per heavy atom. The zero-order valence-corrected chi connectivity index (χ0v) is 16.2. The smallest absolute Gasteiger partial charge is 0.407 e. The lowest BCUT2D eigenvalue weighted by atomic mass is 10.2. The molecule has 1 aromatic carbocycles. The van der Waals surface area contributed by atoms with E-state index < -0.39 is 30.2 Å². The molecule has 0 heterocycles. The third-order valence-corrected chi connectivity index (χ3v) is 3.03. The first-order valence-corrected chi connectivity index (χ1v) is 8.29. The highest BCUT2D eigenvalue weighted by Gasteiger charge is 2.16. The first-order valence-electron chi connectivity index (χ1n) is 8.29. The second-order valence-electron chi connectivity index (χ2n) is 6.46. The van der Waals surface area contributed by atoms with E-state index in [2.05, 4.69) is 10.6 Å². The summed E-state index contributed by atoms with van der Waals surface area (Å²) in [5, 5.41) is 5.01. The molecule has 0 aliphatic heterocycles. The number of methoxy groups -OCH3 is 2. The van der Waals surface area contributed by atoms with Crippen LogP contribution < -0.4 is 20.1 Å². The standard InChI is InChI=1S/C18H26N2O7/c1-18(2,3)27-17(23)19-9-8-16(22)26-11-15(21)20-12-6-7-13(24-4)14(10-12)25-5/h6-7,10H,8-9,11H2,1-5H3,(H,19,23)(H,20,21). The average molecular weight is 382 g/mol. The third-order valence-electron chi connectivity index (χ3n) is 3.03. The minimum atomic E-state index is -0.624. The monoisotopic (exact) mass is 382 g/mol. The number of amides is 2. The van der Waals surface area contributed by atoms with Crippen LogP contribution in [0.15, 0.2) is 18.2 Å². The Balaban J connectivity index is 2.33. The molecular formula is C18H26N2O7. The normalized spacial score (nSPS) is 10.6. The molecule has 1 rings (SSSR count). The van der Waals surface area contributed by atoms with E-state index in [1.165, 1.54) is 14.2 Å². The summed E-state index contributed by atoms with van der Waals surface area (Å²) < 4.78 is 20.1. The minimum absolute atomic E-state index is 0.0467. The Kier molecular flexibility index (Phi) is 8.37. The molecule has 0 aliphatic carbocycles. The molecule has 9 nitrogen and oxygen atoms in total. The predicted octanol–water partition coefficient (Wildman–Crippen LogP) is 2.10. The van der Waals surface area contributed by atoms with Crippen molar-refractivity contribution in [2.45, 2.75) is 32.8 Å². The highest BCUT2D eigenvalue weighted by atomic mass is 16.6. The number of ether oxygens (including phenoxy) is 4. The Labute approximate surface area is 158 Å². The van der Waals surface area contributed by atoms with Gasteiger partial charge in [0.15, 0.2) is 18.1 Å². The van der Waals surface area contributed by atoms with E-state index >= 15 is 0 Å². The molecule has 0 saturated heterocycles. The van der Waals surface area contributed by atoms with Crippen LogP contribution in [-0.4, -0.2) is 50.9 Å². The molecule has 0 aromatic heterocycles. The number of alkyl carbamates (subject to hydrolysis) is 1. The van der Waals surface area contributed by atoms with Crippen LogP contribution in [0.1, 0.15) is 27.2 Å². The number of hydrogen-bond acceptors (Lipinski definition) is 7. The van der Waals surface area contributed by atoms with Crippen LogP contribution >= 0.6 is 0 Å². The molecular weight excluding hydrogens is 356 g/mol. The van der Waals surface area contributed by atoms with Crippen molar-refractivity contribution >= 4 is 23.7 Å². The number of benzene rings is 1. The summed E-state index contributed by atoms with van der Waals surface area (Å²) in [6, 6.07) is 4.86. The summed E-state index contributed by atoms with van der Waals surface area (Å²) in [5.41, 5.74) is -0.146. The lowest BCUT2D eigenvalue weighted by molar-refractivity contribution is -0.147. The molecule has 9 heteroatoms. The fraction of sp³-hybridized carbons (Fsp3) is 0.500. The molecule has 27 heavy (non-hydrogen) atoms. The van der Waals surface area contributed by atoms with Crippen LogP contribution in [0, 0.1) is 0 Å². The Bertz CT molecular complexity index is 668. The number of rotatable bonds is 8. The van der Waals surface area contributed by atoms with Crippen molar-refractivity contribution in [3.8, 4) is 11.5 Å². The Morgan fingerprint density at radius 3 is 2.30 bits per heavy atom. The molecule has 150 valence electrons. The molecule has 0 atom stereocenters. The Hall–Kier alpha value is -2.97. The van der Waals surface area contributed by atoms with Crippen molar-refractivity contribution in [3.05, 3.63) is 18.2 Å². The van der Waals surface area contributed by atoms with Crippen molar-refractivity contribution in [2.75, 3.05) is 32.7 Å². The summed E-state index contributed by atoms with van der Waals surface area (Å²) >= 11 is 0. The van der Waals surface area contributed by atoms with Gasteiger partial charge in [0.05, 0.1) is 20.6 Å². The fourth-order valence-corrected chi connectivity index (χ4v) is 1.91. The van der Waals surface area contributed by atoms with Gasteiger partial charge in [0.25, 0.3) is 5.91 Å². The zero-order valence-electron chi connectivity index (χ0n) is 16.2.